The first-order valence-corrected chi connectivity index (χ1v) is 6.23. The summed E-state index contributed by atoms with van der Waals surface area (Å²) in [6.45, 7) is 0.452. The summed E-state index contributed by atoms with van der Waals surface area (Å²) in [6.07, 6.45) is -0.481. The molecule has 0 unspecified atom stereocenters. The highest BCUT2D eigenvalue weighted by molar-refractivity contribution is 5.53. The number of aromatic nitrogens is 2. The van der Waals surface area contributed by atoms with Crippen LogP contribution in [0.4, 0.5) is 18.9 Å². The quantitative estimate of drug-likeness (QED) is 0.943. The van der Waals surface area contributed by atoms with Crippen LogP contribution in [-0.2, 0) is 19.6 Å². The van der Waals surface area contributed by atoms with E-state index in [4.69, 9.17) is 5.26 Å². The fourth-order valence-corrected chi connectivity index (χ4v) is 1.94. The zero-order chi connectivity index (χ0) is 15.5. The molecule has 1 aromatic carbocycles. The molecule has 0 aliphatic rings. The third-order valence-electron chi connectivity index (χ3n) is 3.04. The van der Waals surface area contributed by atoms with Gasteiger partial charge in [0.1, 0.15) is 5.82 Å². The van der Waals surface area contributed by atoms with Crippen LogP contribution in [0.2, 0.25) is 0 Å². The average molecular weight is 294 g/mol. The molecule has 1 N–H and O–H groups in total. The van der Waals surface area contributed by atoms with E-state index in [-0.39, 0.29) is 5.56 Å². The first kappa shape index (κ1) is 14.9. The minimum Gasteiger partial charge on any atom is -0.385 e. The monoisotopic (exact) mass is 294 g/mol. The van der Waals surface area contributed by atoms with Crippen molar-refractivity contribution in [3.63, 3.8) is 0 Å². The fraction of sp³-hybridized carbons (Fsp3) is 0.286. The van der Waals surface area contributed by atoms with E-state index in [0.29, 0.717) is 18.7 Å². The van der Waals surface area contributed by atoms with Gasteiger partial charge in [-0.2, -0.15) is 18.4 Å². The summed E-state index contributed by atoms with van der Waals surface area (Å²) in [5.41, 5.74) is -0.973. The average Bonchev–Trinajstić information content (AvgIpc) is 2.83. The van der Waals surface area contributed by atoms with E-state index >= 15 is 0 Å². The van der Waals surface area contributed by atoms with E-state index in [9.17, 15) is 13.2 Å². The molecule has 0 spiro atoms. The Labute approximate surface area is 119 Å². The Kier molecular flexibility index (Phi) is 4.17. The predicted octanol–water partition coefficient (Wildman–Crippen LogP) is 2.97. The molecule has 1 heterocycles. The Morgan fingerprint density at radius 2 is 2.14 bits per heavy atom. The smallest absolute Gasteiger partial charge is 0.385 e. The molecule has 0 atom stereocenters. The van der Waals surface area contributed by atoms with Crippen LogP contribution < -0.4 is 5.32 Å². The van der Waals surface area contributed by atoms with Gasteiger partial charge in [0, 0.05) is 38.1 Å². The molecular weight excluding hydrogens is 281 g/mol. The summed E-state index contributed by atoms with van der Waals surface area (Å²) in [4.78, 5) is 4.13. The Bertz CT molecular complexity index is 668. The molecule has 0 aliphatic carbocycles. The van der Waals surface area contributed by atoms with Gasteiger partial charge >= 0.3 is 6.18 Å². The molecule has 110 valence electrons. The summed E-state index contributed by atoms with van der Waals surface area (Å²) in [7, 11) is 1.85. The van der Waals surface area contributed by atoms with Gasteiger partial charge in [0.05, 0.1) is 17.2 Å². The van der Waals surface area contributed by atoms with E-state index in [0.717, 1.165) is 11.9 Å². The molecule has 0 aliphatic heterocycles. The number of hydrogen-bond acceptors (Lipinski definition) is 3. The van der Waals surface area contributed by atoms with Gasteiger partial charge in [-0.25, -0.2) is 4.98 Å². The highest BCUT2D eigenvalue weighted by atomic mass is 19.4. The molecule has 7 heteroatoms. The minimum atomic E-state index is -4.54. The van der Waals surface area contributed by atoms with Crippen LogP contribution in [0.1, 0.15) is 17.0 Å². The van der Waals surface area contributed by atoms with E-state index in [1.807, 2.05) is 11.6 Å². The third-order valence-corrected chi connectivity index (χ3v) is 3.04. The van der Waals surface area contributed by atoms with E-state index in [2.05, 4.69) is 10.3 Å². The summed E-state index contributed by atoms with van der Waals surface area (Å²) in [5.74, 6) is 0.840. The zero-order valence-corrected chi connectivity index (χ0v) is 11.3. The van der Waals surface area contributed by atoms with Crippen LogP contribution in [0.25, 0.3) is 0 Å². The van der Waals surface area contributed by atoms with Crippen LogP contribution in [0.15, 0.2) is 30.6 Å². The van der Waals surface area contributed by atoms with Crippen LogP contribution >= 0.6 is 0 Å². The molecule has 2 rings (SSSR count). The first-order valence-electron chi connectivity index (χ1n) is 6.23. The Hall–Kier alpha value is -2.49. The number of benzene rings is 1. The first-order chi connectivity index (χ1) is 9.91. The number of alkyl halides is 3. The van der Waals surface area contributed by atoms with Crippen molar-refractivity contribution in [3.05, 3.63) is 47.5 Å². The normalized spacial score (nSPS) is 11.2. The van der Waals surface area contributed by atoms with E-state index in [1.165, 1.54) is 12.1 Å². The summed E-state index contributed by atoms with van der Waals surface area (Å²) < 4.78 is 40.3. The largest absolute Gasteiger partial charge is 0.417 e. The predicted molar refractivity (Wildman–Crippen MR) is 71.6 cm³/mol. The Morgan fingerprint density at radius 1 is 1.38 bits per heavy atom. The third kappa shape index (κ3) is 3.54. The second-order valence-electron chi connectivity index (χ2n) is 4.50. The van der Waals surface area contributed by atoms with E-state index < -0.39 is 11.7 Å². The molecule has 1 aromatic heterocycles. The van der Waals surface area contributed by atoms with Crippen LogP contribution in [0.3, 0.4) is 0 Å². The van der Waals surface area contributed by atoms with Gasteiger partial charge in [-0.05, 0) is 18.2 Å². The van der Waals surface area contributed by atoms with Crippen molar-refractivity contribution >= 4 is 5.69 Å². The number of anilines is 1. The lowest BCUT2D eigenvalue weighted by atomic mass is 10.1. The van der Waals surface area contributed by atoms with Gasteiger partial charge in [-0.3, -0.25) is 0 Å². The van der Waals surface area contributed by atoms with Gasteiger partial charge < -0.3 is 9.88 Å². The van der Waals surface area contributed by atoms with Gasteiger partial charge in [-0.15, -0.1) is 0 Å². The lowest BCUT2D eigenvalue weighted by Crippen LogP contribution is -2.11. The fourth-order valence-electron chi connectivity index (χ4n) is 1.94. The lowest BCUT2D eigenvalue weighted by molar-refractivity contribution is -0.137. The van der Waals surface area contributed by atoms with Crippen molar-refractivity contribution in [2.75, 3.05) is 11.9 Å². The number of nitriles is 1. The SMILES string of the molecule is Cn1ccnc1CCNc1ccc(C#N)c(C(F)(F)F)c1. The number of nitrogens with zero attached hydrogens (tertiary/aromatic N) is 3. The number of halogens is 3. The molecule has 2 aromatic rings. The molecular formula is C14H13F3N4. The molecule has 0 amide bonds. The number of aryl methyl sites for hydroxylation is 1. The van der Waals surface area contributed by atoms with Crippen molar-refractivity contribution in [1.82, 2.24) is 9.55 Å². The van der Waals surface area contributed by atoms with Gasteiger partial charge in [0.2, 0.25) is 0 Å². The number of imidazole rings is 1. The summed E-state index contributed by atoms with van der Waals surface area (Å²) >= 11 is 0. The van der Waals surface area contributed by atoms with Crippen molar-refractivity contribution in [2.45, 2.75) is 12.6 Å². The number of hydrogen-bond donors (Lipinski definition) is 1. The minimum absolute atomic E-state index is 0.329. The molecule has 0 bridgehead atoms. The second-order valence-corrected chi connectivity index (χ2v) is 4.50. The maximum atomic E-state index is 12.8. The van der Waals surface area contributed by atoms with Crippen molar-refractivity contribution < 1.29 is 13.2 Å². The maximum absolute atomic E-state index is 12.8. The van der Waals surface area contributed by atoms with Crippen LogP contribution in [0.5, 0.6) is 0 Å². The summed E-state index contributed by atoms with van der Waals surface area (Å²) in [5, 5.41) is 11.6. The Balaban J connectivity index is 2.08. The molecule has 21 heavy (non-hydrogen) atoms. The highest BCUT2D eigenvalue weighted by Gasteiger charge is 2.33. The van der Waals surface area contributed by atoms with Gasteiger partial charge in [0.25, 0.3) is 0 Å². The standard InChI is InChI=1S/C14H13F3N4/c1-21-7-6-20-13(21)4-5-19-11-3-2-10(9-18)12(8-11)14(15,16)17/h2-3,6-8,19H,4-5H2,1H3. The molecule has 0 radical (unpaired) electrons. The maximum Gasteiger partial charge on any atom is 0.417 e. The van der Waals surface area contributed by atoms with Gasteiger partial charge in [0.15, 0.2) is 0 Å². The van der Waals surface area contributed by atoms with Crippen molar-refractivity contribution in [2.24, 2.45) is 7.05 Å². The van der Waals surface area contributed by atoms with Crippen LogP contribution in [0, 0.1) is 11.3 Å². The van der Waals surface area contributed by atoms with Crippen molar-refractivity contribution in [3.8, 4) is 6.07 Å². The van der Waals surface area contributed by atoms with Crippen LogP contribution in [-0.4, -0.2) is 16.1 Å². The van der Waals surface area contributed by atoms with Crippen molar-refractivity contribution in [1.29, 1.82) is 5.26 Å². The number of rotatable bonds is 4. The summed E-state index contributed by atoms with van der Waals surface area (Å²) in [6, 6.07) is 5.15. The molecule has 0 saturated heterocycles. The number of nitrogens with one attached hydrogen (secondary N) is 1. The molecule has 0 fully saturated rings. The second kappa shape index (κ2) is 5.87. The molecule has 4 nitrogen and oxygen atoms in total. The Morgan fingerprint density at radius 3 is 2.71 bits per heavy atom. The van der Waals surface area contributed by atoms with E-state index in [1.54, 1.807) is 18.5 Å². The lowest BCUT2D eigenvalue weighted by Gasteiger charge is -2.12. The topological polar surface area (TPSA) is 53.6 Å². The van der Waals surface area contributed by atoms with Gasteiger partial charge in [-0.1, -0.05) is 0 Å². The highest BCUT2D eigenvalue weighted by Crippen LogP contribution is 2.33. The molecule has 0 saturated carbocycles. The zero-order valence-electron chi connectivity index (χ0n) is 11.3.